The SMILES string of the molecule is Cc1cc(Cl)cc2sc(NC(=O)c3cccc(NS(=O)(=O)c4ccc(Cl)cc4)c3)nc12. The molecule has 0 aliphatic carbocycles. The Balaban J connectivity index is 1.54. The van der Waals surface area contributed by atoms with Gasteiger partial charge in [-0.3, -0.25) is 14.8 Å². The number of benzene rings is 3. The summed E-state index contributed by atoms with van der Waals surface area (Å²) in [6.07, 6.45) is 0. The van der Waals surface area contributed by atoms with Crippen molar-refractivity contribution in [1.29, 1.82) is 0 Å². The van der Waals surface area contributed by atoms with Gasteiger partial charge in [0.15, 0.2) is 5.13 Å². The quantitative estimate of drug-likeness (QED) is 0.360. The van der Waals surface area contributed by atoms with E-state index in [1.807, 2.05) is 13.0 Å². The van der Waals surface area contributed by atoms with Crippen LogP contribution in [0.3, 0.4) is 0 Å². The Kier molecular flexibility index (Phi) is 5.90. The van der Waals surface area contributed by atoms with Crippen molar-refractivity contribution in [3.05, 3.63) is 81.8 Å². The van der Waals surface area contributed by atoms with E-state index in [9.17, 15) is 13.2 Å². The predicted octanol–water partition coefficient (Wildman–Crippen LogP) is 5.96. The van der Waals surface area contributed by atoms with E-state index in [-0.39, 0.29) is 16.1 Å². The lowest BCUT2D eigenvalue weighted by atomic mass is 10.2. The van der Waals surface area contributed by atoms with Gasteiger partial charge in [0, 0.05) is 21.3 Å². The van der Waals surface area contributed by atoms with Crippen LogP contribution in [-0.4, -0.2) is 19.3 Å². The number of aryl methyl sites for hydroxylation is 1. The van der Waals surface area contributed by atoms with Gasteiger partial charge in [0.05, 0.1) is 15.1 Å². The molecule has 0 aliphatic heterocycles. The summed E-state index contributed by atoms with van der Waals surface area (Å²) in [5, 5.41) is 4.22. The summed E-state index contributed by atoms with van der Waals surface area (Å²) in [4.78, 5) is 17.2. The van der Waals surface area contributed by atoms with E-state index >= 15 is 0 Å². The maximum Gasteiger partial charge on any atom is 0.261 e. The average Bonchev–Trinajstić information content (AvgIpc) is 3.10. The molecule has 3 aromatic carbocycles. The highest BCUT2D eigenvalue weighted by Gasteiger charge is 2.16. The maximum atomic E-state index is 12.7. The van der Waals surface area contributed by atoms with Crippen molar-refractivity contribution in [3.8, 4) is 0 Å². The molecule has 31 heavy (non-hydrogen) atoms. The van der Waals surface area contributed by atoms with Crippen molar-refractivity contribution < 1.29 is 13.2 Å². The molecule has 0 aliphatic rings. The lowest BCUT2D eigenvalue weighted by molar-refractivity contribution is 0.102. The molecule has 0 atom stereocenters. The monoisotopic (exact) mass is 491 g/mol. The lowest BCUT2D eigenvalue weighted by Gasteiger charge is -2.09. The van der Waals surface area contributed by atoms with E-state index < -0.39 is 15.9 Å². The summed E-state index contributed by atoms with van der Waals surface area (Å²) in [6.45, 7) is 1.90. The third-order valence-electron chi connectivity index (χ3n) is 4.37. The van der Waals surface area contributed by atoms with E-state index in [1.54, 1.807) is 24.3 Å². The topological polar surface area (TPSA) is 88.2 Å². The van der Waals surface area contributed by atoms with Crippen LogP contribution in [0.1, 0.15) is 15.9 Å². The van der Waals surface area contributed by atoms with E-state index in [2.05, 4.69) is 15.0 Å². The molecule has 4 aromatic rings. The van der Waals surface area contributed by atoms with Gasteiger partial charge in [0.25, 0.3) is 15.9 Å². The fourth-order valence-electron chi connectivity index (χ4n) is 2.93. The first-order chi connectivity index (χ1) is 14.7. The van der Waals surface area contributed by atoms with E-state index in [0.29, 0.717) is 15.2 Å². The third kappa shape index (κ3) is 4.83. The Labute approximate surface area is 192 Å². The summed E-state index contributed by atoms with van der Waals surface area (Å²) >= 11 is 13.2. The minimum absolute atomic E-state index is 0.0651. The number of nitrogens with one attached hydrogen (secondary N) is 2. The van der Waals surface area contributed by atoms with Crippen molar-refractivity contribution in [2.24, 2.45) is 0 Å². The number of thiazole rings is 1. The fraction of sp³-hybridized carbons (Fsp3) is 0.0476. The zero-order valence-corrected chi connectivity index (χ0v) is 19.2. The minimum Gasteiger partial charge on any atom is -0.298 e. The van der Waals surface area contributed by atoms with Crippen LogP contribution in [0.2, 0.25) is 10.0 Å². The normalized spacial score (nSPS) is 11.5. The van der Waals surface area contributed by atoms with Crippen LogP contribution in [-0.2, 0) is 10.0 Å². The van der Waals surface area contributed by atoms with Crippen LogP contribution in [0.4, 0.5) is 10.8 Å². The molecule has 0 bridgehead atoms. The van der Waals surface area contributed by atoms with Crippen molar-refractivity contribution in [1.82, 2.24) is 4.98 Å². The molecule has 0 saturated carbocycles. The summed E-state index contributed by atoms with van der Waals surface area (Å²) in [5.41, 5.74) is 2.23. The zero-order valence-electron chi connectivity index (χ0n) is 16.0. The van der Waals surface area contributed by atoms with Gasteiger partial charge in [-0.15, -0.1) is 0 Å². The van der Waals surface area contributed by atoms with Crippen LogP contribution >= 0.6 is 34.5 Å². The predicted molar refractivity (Wildman–Crippen MR) is 126 cm³/mol. The van der Waals surface area contributed by atoms with Crippen LogP contribution in [0.25, 0.3) is 10.2 Å². The Morgan fingerprint density at radius 3 is 2.48 bits per heavy atom. The number of rotatable bonds is 5. The minimum atomic E-state index is -3.82. The molecule has 1 aromatic heterocycles. The lowest BCUT2D eigenvalue weighted by Crippen LogP contribution is -2.15. The third-order valence-corrected chi connectivity index (χ3v) is 7.16. The second-order valence-electron chi connectivity index (χ2n) is 6.68. The smallest absolute Gasteiger partial charge is 0.261 e. The number of carbonyl (C=O) groups excluding carboxylic acids is 1. The van der Waals surface area contributed by atoms with Gasteiger partial charge in [0.1, 0.15) is 0 Å². The van der Waals surface area contributed by atoms with Crippen LogP contribution in [0.5, 0.6) is 0 Å². The van der Waals surface area contributed by atoms with Gasteiger partial charge in [0.2, 0.25) is 0 Å². The molecule has 158 valence electrons. The summed E-state index contributed by atoms with van der Waals surface area (Å²) in [6, 6.07) is 15.6. The molecule has 0 radical (unpaired) electrons. The Bertz CT molecular complexity index is 1400. The second kappa shape index (κ2) is 8.47. The number of aromatic nitrogens is 1. The number of hydrogen-bond donors (Lipinski definition) is 2. The Morgan fingerprint density at radius 1 is 1.00 bits per heavy atom. The zero-order chi connectivity index (χ0) is 22.2. The molecule has 1 amide bonds. The number of sulfonamides is 1. The number of anilines is 2. The van der Waals surface area contributed by atoms with Crippen LogP contribution < -0.4 is 10.0 Å². The average molecular weight is 492 g/mol. The number of nitrogens with zero attached hydrogens (tertiary/aromatic N) is 1. The summed E-state index contributed by atoms with van der Waals surface area (Å²) in [7, 11) is -3.82. The molecule has 0 fully saturated rings. The Hall–Kier alpha value is -2.65. The molecule has 0 spiro atoms. The standard InChI is InChI=1S/C21H15Cl2N3O3S2/c1-12-9-15(23)11-18-19(12)24-21(30-18)25-20(27)13-3-2-4-16(10-13)26-31(28,29)17-7-5-14(22)6-8-17/h2-11,26H,1H3,(H,24,25,27). The highest BCUT2D eigenvalue weighted by atomic mass is 35.5. The first-order valence-corrected chi connectivity index (χ1v) is 12.0. The van der Waals surface area contributed by atoms with Crippen LogP contribution in [0.15, 0.2) is 65.6 Å². The van der Waals surface area contributed by atoms with Gasteiger partial charge in [-0.1, -0.05) is 40.6 Å². The van der Waals surface area contributed by atoms with Crippen molar-refractivity contribution >= 4 is 71.5 Å². The number of amides is 1. The molecular weight excluding hydrogens is 477 g/mol. The molecule has 2 N–H and O–H groups in total. The molecule has 10 heteroatoms. The highest BCUT2D eigenvalue weighted by Crippen LogP contribution is 2.31. The second-order valence-corrected chi connectivity index (χ2v) is 10.3. The van der Waals surface area contributed by atoms with Gasteiger partial charge in [-0.2, -0.15) is 0 Å². The van der Waals surface area contributed by atoms with E-state index in [4.69, 9.17) is 23.2 Å². The fourth-order valence-corrected chi connectivity index (χ4v) is 5.42. The van der Waals surface area contributed by atoms with Crippen LogP contribution in [0, 0.1) is 6.92 Å². The molecule has 1 heterocycles. The van der Waals surface area contributed by atoms with Gasteiger partial charge in [-0.25, -0.2) is 13.4 Å². The van der Waals surface area contributed by atoms with Crippen molar-refractivity contribution in [3.63, 3.8) is 0 Å². The molecular formula is C21H15Cl2N3O3S2. The number of hydrogen-bond acceptors (Lipinski definition) is 5. The Morgan fingerprint density at radius 2 is 1.74 bits per heavy atom. The van der Waals surface area contributed by atoms with Crippen molar-refractivity contribution in [2.75, 3.05) is 10.0 Å². The largest absolute Gasteiger partial charge is 0.298 e. The molecule has 0 unspecified atom stereocenters. The summed E-state index contributed by atoms with van der Waals surface area (Å²) < 4.78 is 28.5. The van der Waals surface area contributed by atoms with Crippen molar-refractivity contribution in [2.45, 2.75) is 11.8 Å². The van der Waals surface area contributed by atoms with Gasteiger partial charge in [-0.05, 0) is 67.1 Å². The number of fused-ring (bicyclic) bond motifs is 1. The molecule has 4 rings (SSSR count). The molecule has 0 saturated heterocycles. The number of halogens is 2. The maximum absolute atomic E-state index is 12.7. The number of carbonyl (C=O) groups is 1. The van der Waals surface area contributed by atoms with E-state index in [0.717, 1.165) is 15.8 Å². The van der Waals surface area contributed by atoms with Gasteiger partial charge >= 0.3 is 0 Å². The first kappa shape index (κ1) is 21.6. The first-order valence-electron chi connectivity index (χ1n) is 8.98. The molecule has 6 nitrogen and oxygen atoms in total. The summed E-state index contributed by atoms with van der Waals surface area (Å²) in [5.74, 6) is -0.407. The van der Waals surface area contributed by atoms with Gasteiger partial charge < -0.3 is 0 Å². The van der Waals surface area contributed by atoms with E-state index in [1.165, 1.54) is 41.7 Å². The highest BCUT2D eigenvalue weighted by molar-refractivity contribution is 7.92.